The first-order chi connectivity index (χ1) is 9.47. The van der Waals surface area contributed by atoms with Crippen molar-refractivity contribution in [3.8, 4) is 5.75 Å². The number of amides is 1. The molecule has 0 aromatic heterocycles. The van der Waals surface area contributed by atoms with Crippen LogP contribution in [0.5, 0.6) is 5.75 Å². The first-order valence-electron chi connectivity index (χ1n) is 5.73. The van der Waals surface area contributed by atoms with Crippen LogP contribution in [0.1, 0.15) is 15.9 Å². The van der Waals surface area contributed by atoms with Gasteiger partial charge in [-0.15, -0.1) is 0 Å². The summed E-state index contributed by atoms with van der Waals surface area (Å²) >= 11 is 6.80. The van der Waals surface area contributed by atoms with Gasteiger partial charge in [-0.05, 0) is 46.3 Å². The number of hydrogen-bond donors (Lipinski definition) is 2. The van der Waals surface area contributed by atoms with Gasteiger partial charge < -0.3 is 16.2 Å². The van der Waals surface area contributed by atoms with Crippen LogP contribution in [0.25, 0.3) is 0 Å². The zero-order valence-corrected chi connectivity index (χ0v) is 13.6. The van der Waals surface area contributed by atoms with Gasteiger partial charge in [0.2, 0.25) is 5.91 Å². The van der Waals surface area contributed by atoms with Gasteiger partial charge in [0.25, 0.3) is 0 Å². The standard InChI is InChI=1S/C14H12Br2N2O2/c15-10-3-4-13(11(16)6-10)20-7-9-2-1-8(14(18)19)5-12(9)17/h1-6H,7,17H2,(H2,18,19). The smallest absolute Gasteiger partial charge is 0.248 e. The highest BCUT2D eigenvalue weighted by atomic mass is 79.9. The van der Waals surface area contributed by atoms with Crippen molar-refractivity contribution < 1.29 is 9.53 Å². The maximum atomic E-state index is 11.0. The molecule has 0 aliphatic carbocycles. The number of carbonyl (C=O) groups excluding carboxylic acids is 1. The lowest BCUT2D eigenvalue weighted by Crippen LogP contribution is -2.12. The summed E-state index contributed by atoms with van der Waals surface area (Å²) in [5.41, 5.74) is 12.7. The summed E-state index contributed by atoms with van der Waals surface area (Å²) in [6.45, 7) is 0.311. The molecule has 1 amide bonds. The van der Waals surface area contributed by atoms with E-state index in [1.807, 2.05) is 18.2 Å². The molecule has 0 aliphatic heterocycles. The zero-order valence-electron chi connectivity index (χ0n) is 10.4. The van der Waals surface area contributed by atoms with Crippen LogP contribution in [-0.2, 0) is 6.61 Å². The summed E-state index contributed by atoms with van der Waals surface area (Å²) < 4.78 is 7.50. The van der Waals surface area contributed by atoms with Gasteiger partial charge in [0, 0.05) is 21.3 Å². The lowest BCUT2D eigenvalue weighted by Gasteiger charge is -2.11. The van der Waals surface area contributed by atoms with Gasteiger partial charge >= 0.3 is 0 Å². The molecule has 2 aromatic carbocycles. The number of hydrogen-bond acceptors (Lipinski definition) is 3. The monoisotopic (exact) mass is 398 g/mol. The van der Waals surface area contributed by atoms with E-state index >= 15 is 0 Å². The third-order valence-corrected chi connectivity index (χ3v) is 3.82. The Morgan fingerprint density at radius 2 is 1.90 bits per heavy atom. The number of ether oxygens (including phenoxy) is 1. The van der Waals surface area contributed by atoms with Crippen LogP contribution < -0.4 is 16.2 Å². The topological polar surface area (TPSA) is 78.3 Å². The first-order valence-corrected chi connectivity index (χ1v) is 7.32. The molecule has 0 heterocycles. The Morgan fingerprint density at radius 3 is 2.50 bits per heavy atom. The molecular weight excluding hydrogens is 388 g/mol. The highest BCUT2D eigenvalue weighted by Gasteiger charge is 2.07. The van der Waals surface area contributed by atoms with E-state index in [-0.39, 0.29) is 0 Å². The minimum atomic E-state index is -0.500. The van der Waals surface area contributed by atoms with Crippen LogP contribution in [0.2, 0.25) is 0 Å². The summed E-state index contributed by atoms with van der Waals surface area (Å²) in [6.07, 6.45) is 0. The van der Waals surface area contributed by atoms with Crippen molar-refractivity contribution in [3.63, 3.8) is 0 Å². The minimum absolute atomic E-state index is 0.311. The Labute approximate surface area is 133 Å². The fourth-order valence-electron chi connectivity index (χ4n) is 1.63. The molecule has 4 N–H and O–H groups in total. The second kappa shape index (κ2) is 6.28. The molecule has 0 saturated heterocycles. The van der Waals surface area contributed by atoms with Crippen LogP contribution in [-0.4, -0.2) is 5.91 Å². The van der Waals surface area contributed by atoms with E-state index in [0.29, 0.717) is 23.6 Å². The average Bonchev–Trinajstić information content (AvgIpc) is 2.38. The van der Waals surface area contributed by atoms with E-state index in [1.165, 1.54) is 0 Å². The largest absolute Gasteiger partial charge is 0.488 e. The average molecular weight is 400 g/mol. The summed E-state index contributed by atoms with van der Waals surface area (Å²) in [5.74, 6) is 0.214. The Hall–Kier alpha value is -1.53. The Balaban J connectivity index is 2.13. The van der Waals surface area contributed by atoms with Crippen molar-refractivity contribution in [3.05, 3.63) is 56.5 Å². The third-order valence-electron chi connectivity index (χ3n) is 2.71. The maximum Gasteiger partial charge on any atom is 0.248 e. The number of halogens is 2. The third kappa shape index (κ3) is 3.52. The van der Waals surface area contributed by atoms with Crippen LogP contribution in [0.3, 0.4) is 0 Å². The van der Waals surface area contributed by atoms with E-state index in [4.69, 9.17) is 16.2 Å². The second-order valence-electron chi connectivity index (χ2n) is 4.14. The summed E-state index contributed by atoms with van der Waals surface area (Å²) in [4.78, 5) is 11.0. The Kier molecular flexibility index (Phi) is 4.67. The van der Waals surface area contributed by atoms with E-state index in [0.717, 1.165) is 14.5 Å². The fourth-order valence-corrected chi connectivity index (χ4v) is 2.79. The van der Waals surface area contributed by atoms with Crippen molar-refractivity contribution >= 4 is 43.5 Å². The minimum Gasteiger partial charge on any atom is -0.488 e. The fraction of sp³-hybridized carbons (Fsp3) is 0.0714. The van der Waals surface area contributed by atoms with E-state index < -0.39 is 5.91 Å². The van der Waals surface area contributed by atoms with Gasteiger partial charge in [0.15, 0.2) is 0 Å². The van der Waals surface area contributed by atoms with Gasteiger partial charge in [0.1, 0.15) is 12.4 Å². The van der Waals surface area contributed by atoms with E-state index in [9.17, 15) is 4.79 Å². The number of carbonyl (C=O) groups is 1. The summed E-state index contributed by atoms with van der Waals surface area (Å²) in [6, 6.07) is 10.6. The number of primary amides is 1. The molecule has 2 rings (SSSR count). The molecule has 2 aromatic rings. The first kappa shape index (κ1) is 14.9. The molecule has 0 radical (unpaired) electrons. The molecule has 0 fully saturated rings. The number of rotatable bonds is 4. The molecule has 0 atom stereocenters. The van der Waals surface area contributed by atoms with Gasteiger partial charge in [0.05, 0.1) is 4.47 Å². The van der Waals surface area contributed by atoms with Crippen molar-refractivity contribution in [2.45, 2.75) is 6.61 Å². The Morgan fingerprint density at radius 1 is 1.15 bits per heavy atom. The molecule has 0 aliphatic rings. The molecule has 0 unspecified atom stereocenters. The van der Waals surface area contributed by atoms with Crippen LogP contribution >= 0.6 is 31.9 Å². The molecule has 20 heavy (non-hydrogen) atoms. The molecule has 0 bridgehead atoms. The molecule has 6 heteroatoms. The van der Waals surface area contributed by atoms with Crippen LogP contribution in [0, 0.1) is 0 Å². The number of nitrogens with two attached hydrogens (primary N) is 2. The quantitative estimate of drug-likeness (QED) is 0.772. The second-order valence-corrected chi connectivity index (χ2v) is 5.91. The van der Waals surface area contributed by atoms with Gasteiger partial charge in [-0.2, -0.15) is 0 Å². The van der Waals surface area contributed by atoms with Crippen molar-refractivity contribution in [2.24, 2.45) is 5.73 Å². The molecule has 0 spiro atoms. The van der Waals surface area contributed by atoms with Crippen LogP contribution in [0.4, 0.5) is 5.69 Å². The summed E-state index contributed by atoms with van der Waals surface area (Å²) in [5, 5.41) is 0. The predicted octanol–water partition coefficient (Wildman–Crippen LogP) is 3.47. The maximum absolute atomic E-state index is 11.0. The van der Waals surface area contributed by atoms with E-state index in [2.05, 4.69) is 31.9 Å². The lowest BCUT2D eigenvalue weighted by atomic mass is 10.1. The van der Waals surface area contributed by atoms with Crippen LogP contribution in [0.15, 0.2) is 45.3 Å². The van der Waals surface area contributed by atoms with E-state index in [1.54, 1.807) is 18.2 Å². The van der Waals surface area contributed by atoms with Gasteiger partial charge in [-0.1, -0.05) is 22.0 Å². The van der Waals surface area contributed by atoms with Crippen molar-refractivity contribution in [1.29, 1.82) is 0 Å². The zero-order chi connectivity index (χ0) is 14.7. The number of benzene rings is 2. The summed E-state index contributed by atoms with van der Waals surface area (Å²) in [7, 11) is 0. The SMILES string of the molecule is NC(=O)c1ccc(COc2ccc(Br)cc2Br)c(N)c1. The normalized spacial score (nSPS) is 10.3. The predicted molar refractivity (Wildman–Crippen MR) is 85.5 cm³/mol. The molecule has 0 saturated carbocycles. The van der Waals surface area contributed by atoms with Gasteiger partial charge in [-0.3, -0.25) is 4.79 Å². The Bertz CT molecular complexity index is 660. The van der Waals surface area contributed by atoms with Crippen molar-refractivity contribution in [2.75, 3.05) is 5.73 Å². The lowest BCUT2D eigenvalue weighted by molar-refractivity contribution is 0.100. The van der Waals surface area contributed by atoms with Crippen molar-refractivity contribution in [1.82, 2.24) is 0 Å². The highest BCUT2D eigenvalue weighted by molar-refractivity contribution is 9.11. The number of anilines is 1. The molecular formula is C14H12Br2N2O2. The number of nitrogen functional groups attached to an aromatic ring is 1. The molecule has 104 valence electrons. The van der Waals surface area contributed by atoms with Gasteiger partial charge in [-0.25, -0.2) is 0 Å². The molecule has 4 nitrogen and oxygen atoms in total. The highest BCUT2D eigenvalue weighted by Crippen LogP contribution is 2.29.